The van der Waals surface area contributed by atoms with E-state index in [2.05, 4.69) is 15.0 Å². The zero-order valence-electron chi connectivity index (χ0n) is 17.3. The number of hydrogen-bond donors (Lipinski definition) is 2. The molecule has 2 fully saturated rings. The highest BCUT2D eigenvalue weighted by atomic mass is 16.4. The number of nitrogens with one attached hydrogen (secondary N) is 1. The lowest BCUT2D eigenvalue weighted by Crippen LogP contribution is -2.49. The van der Waals surface area contributed by atoms with Crippen molar-refractivity contribution in [3.8, 4) is 11.5 Å². The maximum atomic E-state index is 13.1. The van der Waals surface area contributed by atoms with E-state index in [1.165, 1.54) is 4.90 Å². The third-order valence-electron chi connectivity index (χ3n) is 6.81. The zero-order chi connectivity index (χ0) is 21.4. The van der Waals surface area contributed by atoms with Crippen LogP contribution in [0.4, 0.5) is 4.79 Å². The number of nitrogens with zero attached hydrogens (tertiary/aromatic N) is 4. The van der Waals surface area contributed by atoms with Gasteiger partial charge in [-0.2, -0.15) is 0 Å². The predicted octanol–water partition coefficient (Wildman–Crippen LogP) is 3.62. The SMILES string of the molecule is O=C(O)N1CCC2(CC1)CCN(C(=O)c1cccc(-c3nc4ccccc4[nH]3)n1)CC2. The van der Waals surface area contributed by atoms with E-state index in [-0.39, 0.29) is 11.3 Å². The minimum absolute atomic E-state index is 0.0595. The third-order valence-corrected chi connectivity index (χ3v) is 6.81. The van der Waals surface area contributed by atoms with Crippen LogP contribution in [-0.2, 0) is 0 Å². The van der Waals surface area contributed by atoms with Crippen molar-refractivity contribution in [3.63, 3.8) is 0 Å². The second-order valence-corrected chi connectivity index (χ2v) is 8.57. The van der Waals surface area contributed by atoms with E-state index < -0.39 is 6.09 Å². The van der Waals surface area contributed by atoms with Gasteiger partial charge in [-0.25, -0.2) is 14.8 Å². The molecule has 1 spiro atoms. The van der Waals surface area contributed by atoms with Crippen LogP contribution in [0.1, 0.15) is 36.2 Å². The number of aromatic nitrogens is 3. The van der Waals surface area contributed by atoms with Gasteiger partial charge in [0.2, 0.25) is 0 Å². The van der Waals surface area contributed by atoms with Crippen molar-refractivity contribution in [1.29, 1.82) is 0 Å². The van der Waals surface area contributed by atoms with Crippen LogP contribution in [0.3, 0.4) is 0 Å². The van der Waals surface area contributed by atoms with Crippen LogP contribution >= 0.6 is 0 Å². The highest BCUT2D eigenvalue weighted by Crippen LogP contribution is 2.41. The summed E-state index contributed by atoms with van der Waals surface area (Å²) in [5.74, 6) is 0.592. The number of carboxylic acid groups (broad SMARTS) is 1. The number of fused-ring (bicyclic) bond motifs is 1. The fraction of sp³-hybridized carbons (Fsp3) is 0.391. The van der Waals surface area contributed by atoms with Crippen molar-refractivity contribution in [2.24, 2.45) is 5.41 Å². The van der Waals surface area contributed by atoms with Gasteiger partial charge in [-0.1, -0.05) is 18.2 Å². The second-order valence-electron chi connectivity index (χ2n) is 8.57. The number of carbonyl (C=O) groups is 2. The predicted molar refractivity (Wildman–Crippen MR) is 116 cm³/mol. The quantitative estimate of drug-likeness (QED) is 0.660. The Morgan fingerprint density at radius 1 is 0.871 bits per heavy atom. The summed E-state index contributed by atoms with van der Waals surface area (Å²) < 4.78 is 0. The summed E-state index contributed by atoms with van der Waals surface area (Å²) in [5.41, 5.74) is 3.04. The van der Waals surface area contributed by atoms with E-state index in [4.69, 9.17) is 0 Å². The molecule has 2 saturated heterocycles. The van der Waals surface area contributed by atoms with Gasteiger partial charge >= 0.3 is 6.09 Å². The summed E-state index contributed by atoms with van der Waals surface area (Å²) >= 11 is 0. The topological polar surface area (TPSA) is 102 Å². The Labute approximate surface area is 179 Å². The summed E-state index contributed by atoms with van der Waals surface area (Å²) in [6.07, 6.45) is 2.74. The molecule has 8 nitrogen and oxygen atoms in total. The minimum Gasteiger partial charge on any atom is -0.465 e. The first-order chi connectivity index (χ1) is 15.0. The molecule has 1 aromatic carbocycles. The molecular weight excluding hydrogens is 394 g/mol. The highest BCUT2D eigenvalue weighted by molar-refractivity contribution is 5.93. The molecule has 0 radical (unpaired) electrons. The number of likely N-dealkylation sites (tertiary alicyclic amines) is 2. The van der Waals surface area contributed by atoms with E-state index in [9.17, 15) is 14.7 Å². The van der Waals surface area contributed by atoms with Crippen LogP contribution in [0.25, 0.3) is 22.6 Å². The average molecular weight is 419 g/mol. The Hall–Kier alpha value is -3.42. The number of aromatic amines is 1. The van der Waals surface area contributed by atoms with Gasteiger partial charge in [-0.05, 0) is 55.4 Å². The largest absolute Gasteiger partial charge is 0.465 e. The summed E-state index contributed by atoms with van der Waals surface area (Å²) in [6.45, 7) is 2.54. The molecule has 2 aliphatic heterocycles. The number of para-hydroxylation sites is 2. The maximum absolute atomic E-state index is 13.1. The van der Waals surface area contributed by atoms with Gasteiger partial charge in [-0.15, -0.1) is 0 Å². The lowest BCUT2D eigenvalue weighted by atomic mass is 9.71. The Bertz CT molecular complexity index is 1090. The van der Waals surface area contributed by atoms with Crippen molar-refractivity contribution in [3.05, 3.63) is 48.2 Å². The van der Waals surface area contributed by atoms with E-state index in [1.807, 2.05) is 41.3 Å². The van der Waals surface area contributed by atoms with Gasteiger partial charge in [0.25, 0.3) is 5.91 Å². The number of carbonyl (C=O) groups excluding carboxylic acids is 1. The van der Waals surface area contributed by atoms with Crippen molar-refractivity contribution in [2.75, 3.05) is 26.2 Å². The molecule has 160 valence electrons. The van der Waals surface area contributed by atoms with Gasteiger partial charge in [0.15, 0.2) is 5.82 Å². The number of amides is 2. The van der Waals surface area contributed by atoms with E-state index in [0.29, 0.717) is 43.4 Å². The number of rotatable bonds is 2. The van der Waals surface area contributed by atoms with Gasteiger partial charge in [0.05, 0.1) is 11.0 Å². The lowest BCUT2D eigenvalue weighted by Gasteiger charge is -2.46. The van der Waals surface area contributed by atoms with Crippen LogP contribution in [0.15, 0.2) is 42.5 Å². The van der Waals surface area contributed by atoms with Gasteiger partial charge < -0.3 is 19.9 Å². The third kappa shape index (κ3) is 3.73. The van der Waals surface area contributed by atoms with Crippen LogP contribution < -0.4 is 0 Å². The van der Waals surface area contributed by atoms with Crippen molar-refractivity contribution >= 4 is 23.0 Å². The van der Waals surface area contributed by atoms with Gasteiger partial charge in [0, 0.05) is 26.2 Å². The Morgan fingerprint density at radius 2 is 1.55 bits per heavy atom. The summed E-state index contributed by atoms with van der Waals surface area (Å²) in [6, 6.07) is 13.2. The molecule has 4 heterocycles. The van der Waals surface area contributed by atoms with E-state index in [0.717, 1.165) is 36.7 Å². The van der Waals surface area contributed by atoms with Crippen LogP contribution in [0.5, 0.6) is 0 Å². The second kappa shape index (κ2) is 7.68. The average Bonchev–Trinajstić information content (AvgIpc) is 3.24. The summed E-state index contributed by atoms with van der Waals surface area (Å²) in [7, 11) is 0. The number of pyridine rings is 1. The fourth-order valence-corrected chi connectivity index (χ4v) is 4.78. The maximum Gasteiger partial charge on any atom is 0.407 e. The molecule has 5 rings (SSSR count). The van der Waals surface area contributed by atoms with E-state index in [1.54, 1.807) is 6.07 Å². The molecule has 2 N–H and O–H groups in total. The number of H-pyrrole nitrogens is 1. The van der Waals surface area contributed by atoms with E-state index >= 15 is 0 Å². The molecule has 0 unspecified atom stereocenters. The molecule has 8 heteroatoms. The molecule has 3 aromatic rings. The smallest absolute Gasteiger partial charge is 0.407 e. The normalized spacial score (nSPS) is 18.5. The van der Waals surface area contributed by atoms with Crippen molar-refractivity contribution in [2.45, 2.75) is 25.7 Å². The minimum atomic E-state index is -0.835. The van der Waals surface area contributed by atoms with Crippen molar-refractivity contribution in [1.82, 2.24) is 24.8 Å². The Balaban J connectivity index is 1.27. The summed E-state index contributed by atoms with van der Waals surface area (Å²) in [5, 5.41) is 9.17. The molecular formula is C23H25N5O3. The van der Waals surface area contributed by atoms with Gasteiger partial charge in [0.1, 0.15) is 11.4 Å². The molecule has 0 atom stereocenters. The number of benzene rings is 1. The first-order valence-corrected chi connectivity index (χ1v) is 10.7. The lowest BCUT2D eigenvalue weighted by molar-refractivity contribution is 0.0316. The molecule has 2 aromatic heterocycles. The monoisotopic (exact) mass is 419 g/mol. The standard InChI is InChI=1S/C23H25N5O3/c29-21(27-12-8-23(9-13-27)10-14-28(15-11-23)22(30)31)19-7-3-6-18(24-19)20-25-16-4-1-2-5-17(16)26-20/h1-7H,8-15H2,(H,25,26)(H,30,31). The Kier molecular flexibility index (Phi) is 4.84. The molecule has 2 amide bonds. The number of imidazole rings is 1. The molecule has 2 aliphatic rings. The van der Waals surface area contributed by atoms with Crippen LogP contribution in [-0.4, -0.2) is 68.0 Å². The zero-order valence-corrected chi connectivity index (χ0v) is 17.3. The van der Waals surface area contributed by atoms with Crippen LogP contribution in [0.2, 0.25) is 0 Å². The molecule has 0 bridgehead atoms. The number of piperidine rings is 2. The molecule has 0 saturated carbocycles. The molecule has 0 aliphatic carbocycles. The highest BCUT2D eigenvalue weighted by Gasteiger charge is 2.39. The van der Waals surface area contributed by atoms with Crippen molar-refractivity contribution < 1.29 is 14.7 Å². The summed E-state index contributed by atoms with van der Waals surface area (Å²) in [4.78, 5) is 40.1. The Morgan fingerprint density at radius 3 is 2.23 bits per heavy atom. The first-order valence-electron chi connectivity index (χ1n) is 10.7. The fourth-order valence-electron chi connectivity index (χ4n) is 4.78. The van der Waals surface area contributed by atoms with Gasteiger partial charge in [-0.3, -0.25) is 4.79 Å². The molecule has 31 heavy (non-hydrogen) atoms. The first kappa shape index (κ1) is 19.5. The number of hydrogen-bond acceptors (Lipinski definition) is 4. The van der Waals surface area contributed by atoms with Crippen LogP contribution in [0, 0.1) is 5.41 Å².